The highest BCUT2D eigenvalue weighted by atomic mass is 35.5. The fourth-order valence-corrected chi connectivity index (χ4v) is 3.12. The molecule has 3 rings (SSSR count). The second-order valence-corrected chi connectivity index (χ2v) is 6.12. The van der Waals surface area contributed by atoms with Crippen molar-refractivity contribution in [1.29, 1.82) is 0 Å². The number of hydrogen-bond acceptors (Lipinski definition) is 2. The SMILES string of the molecule is CC(c1cc(F)ccc1F)N(C)C(=O)c1cccc2c1CCCN2.Cl. The Morgan fingerprint density at radius 3 is 2.76 bits per heavy atom. The summed E-state index contributed by atoms with van der Waals surface area (Å²) in [5.74, 6) is -1.22. The Labute approximate surface area is 152 Å². The Morgan fingerprint density at radius 1 is 1.24 bits per heavy atom. The van der Waals surface area contributed by atoms with Crippen molar-refractivity contribution in [3.63, 3.8) is 0 Å². The summed E-state index contributed by atoms with van der Waals surface area (Å²) in [6, 6.07) is 8.33. The van der Waals surface area contributed by atoms with Gasteiger partial charge in [-0.2, -0.15) is 0 Å². The van der Waals surface area contributed by atoms with Gasteiger partial charge in [0.05, 0.1) is 6.04 Å². The summed E-state index contributed by atoms with van der Waals surface area (Å²) in [7, 11) is 1.62. The van der Waals surface area contributed by atoms with E-state index < -0.39 is 17.7 Å². The van der Waals surface area contributed by atoms with E-state index >= 15 is 0 Å². The zero-order valence-electron chi connectivity index (χ0n) is 14.2. The molecule has 0 fully saturated rings. The van der Waals surface area contributed by atoms with E-state index in [-0.39, 0.29) is 23.9 Å². The Hall–Kier alpha value is -2.14. The number of nitrogens with zero attached hydrogens (tertiary/aromatic N) is 1. The van der Waals surface area contributed by atoms with E-state index in [0.29, 0.717) is 5.56 Å². The van der Waals surface area contributed by atoms with Crippen LogP contribution in [0.25, 0.3) is 0 Å². The second kappa shape index (κ2) is 7.83. The summed E-state index contributed by atoms with van der Waals surface area (Å²) >= 11 is 0. The third kappa shape index (κ3) is 3.76. The Kier molecular flexibility index (Phi) is 6.01. The van der Waals surface area contributed by atoms with Crippen molar-refractivity contribution in [2.24, 2.45) is 0 Å². The first-order chi connectivity index (χ1) is 11.5. The number of rotatable bonds is 3. The monoisotopic (exact) mass is 366 g/mol. The lowest BCUT2D eigenvalue weighted by Gasteiger charge is -2.28. The molecular weight excluding hydrogens is 346 g/mol. The molecule has 1 atom stereocenters. The fourth-order valence-electron chi connectivity index (χ4n) is 3.12. The van der Waals surface area contributed by atoms with Gasteiger partial charge >= 0.3 is 0 Å². The van der Waals surface area contributed by atoms with Gasteiger partial charge in [-0.15, -0.1) is 12.4 Å². The molecule has 1 heterocycles. The minimum atomic E-state index is -0.569. The van der Waals surface area contributed by atoms with Crippen molar-refractivity contribution in [3.05, 3.63) is 64.7 Å². The van der Waals surface area contributed by atoms with Gasteiger partial charge in [0.1, 0.15) is 11.6 Å². The van der Waals surface area contributed by atoms with Crippen LogP contribution in [0.4, 0.5) is 14.5 Å². The van der Waals surface area contributed by atoms with E-state index in [1.807, 2.05) is 12.1 Å². The van der Waals surface area contributed by atoms with Crippen LogP contribution in [0.2, 0.25) is 0 Å². The number of halogens is 3. The van der Waals surface area contributed by atoms with Gasteiger partial charge in [-0.05, 0) is 55.7 Å². The van der Waals surface area contributed by atoms with Crippen LogP contribution < -0.4 is 5.32 Å². The number of hydrogen-bond donors (Lipinski definition) is 1. The van der Waals surface area contributed by atoms with Crippen LogP contribution >= 0.6 is 12.4 Å². The predicted molar refractivity (Wildman–Crippen MR) is 97.4 cm³/mol. The zero-order valence-corrected chi connectivity index (χ0v) is 15.0. The lowest BCUT2D eigenvalue weighted by molar-refractivity contribution is 0.0739. The van der Waals surface area contributed by atoms with Gasteiger partial charge in [0.15, 0.2) is 0 Å². The summed E-state index contributed by atoms with van der Waals surface area (Å²) in [4.78, 5) is 14.4. The highest BCUT2D eigenvalue weighted by molar-refractivity contribution is 5.97. The van der Waals surface area contributed by atoms with E-state index in [9.17, 15) is 13.6 Å². The molecule has 3 nitrogen and oxygen atoms in total. The van der Waals surface area contributed by atoms with Crippen LogP contribution in [0.15, 0.2) is 36.4 Å². The third-order valence-electron chi connectivity index (χ3n) is 4.63. The maximum Gasteiger partial charge on any atom is 0.254 e. The molecule has 0 spiro atoms. The van der Waals surface area contributed by atoms with Crippen molar-refractivity contribution in [2.75, 3.05) is 18.9 Å². The van der Waals surface area contributed by atoms with Gasteiger partial charge in [-0.3, -0.25) is 4.79 Å². The molecular formula is C19H21ClF2N2O. The van der Waals surface area contributed by atoms with E-state index in [4.69, 9.17) is 0 Å². The number of amides is 1. The van der Waals surface area contributed by atoms with E-state index in [1.165, 1.54) is 4.90 Å². The number of nitrogens with one attached hydrogen (secondary N) is 1. The maximum absolute atomic E-state index is 14.0. The standard InChI is InChI=1S/C19H20F2N2O.ClH/c1-12(16-11-13(20)8-9-17(16)21)23(2)19(24)15-5-3-7-18-14(15)6-4-10-22-18;/h3,5,7-9,11-12,22H,4,6,10H2,1-2H3;1H. The van der Waals surface area contributed by atoms with Crippen LogP contribution in [-0.2, 0) is 6.42 Å². The average molecular weight is 367 g/mol. The molecule has 1 N–H and O–H groups in total. The van der Waals surface area contributed by atoms with Crippen LogP contribution in [0, 0.1) is 11.6 Å². The van der Waals surface area contributed by atoms with Gasteiger partial charge in [-0.25, -0.2) is 8.78 Å². The first-order valence-corrected chi connectivity index (χ1v) is 8.07. The largest absolute Gasteiger partial charge is 0.385 e. The molecule has 0 radical (unpaired) electrons. The summed E-state index contributed by atoms with van der Waals surface area (Å²) in [5, 5.41) is 3.29. The normalized spacial score (nSPS) is 13.9. The fraction of sp³-hybridized carbons (Fsp3) is 0.316. The predicted octanol–water partition coefficient (Wildman–Crippen LogP) is 4.58. The third-order valence-corrected chi connectivity index (χ3v) is 4.63. The minimum absolute atomic E-state index is 0. The van der Waals surface area contributed by atoms with Crippen LogP contribution in [-0.4, -0.2) is 24.4 Å². The Balaban J connectivity index is 0.00000225. The lowest BCUT2D eigenvalue weighted by atomic mass is 9.96. The Bertz CT molecular complexity index is 782. The highest BCUT2D eigenvalue weighted by Crippen LogP contribution is 2.29. The zero-order chi connectivity index (χ0) is 17.3. The summed E-state index contributed by atoms with van der Waals surface area (Å²) in [6.07, 6.45) is 1.80. The smallest absolute Gasteiger partial charge is 0.254 e. The highest BCUT2D eigenvalue weighted by Gasteiger charge is 2.25. The van der Waals surface area contributed by atoms with Crippen molar-refractivity contribution in [3.8, 4) is 0 Å². The van der Waals surface area contributed by atoms with Crippen molar-refractivity contribution >= 4 is 24.0 Å². The molecule has 0 bridgehead atoms. The second-order valence-electron chi connectivity index (χ2n) is 6.12. The van der Waals surface area contributed by atoms with E-state index in [2.05, 4.69) is 5.32 Å². The van der Waals surface area contributed by atoms with Crippen LogP contribution in [0.1, 0.15) is 40.9 Å². The van der Waals surface area contributed by atoms with Crippen molar-refractivity contribution in [2.45, 2.75) is 25.8 Å². The Morgan fingerprint density at radius 2 is 2.00 bits per heavy atom. The average Bonchev–Trinajstić information content (AvgIpc) is 2.61. The number of fused-ring (bicyclic) bond motifs is 1. The molecule has 2 aromatic carbocycles. The van der Waals surface area contributed by atoms with E-state index in [1.54, 1.807) is 20.0 Å². The molecule has 1 aliphatic heterocycles. The molecule has 0 saturated heterocycles. The van der Waals surface area contributed by atoms with E-state index in [0.717, 1.165) is 48.8 Å². The summed E-state index contributed by atoms with van der Waals surface area (Å²) in [6.45, 7) is 2.59. The summed E-state index contributed by atoms with van der Waals surface area (Å²) in [5.41, 5.74) is 2.76. The van der Waals surface area contributed by atoms with Gasteiger partial charge in [0, 0.05) is 30.4 Å². The number of anilines is 1. The van der Waals surface area contributed by atoms with Crippen LogP contribution in [0.3, 0.4) is 0 Å². The molecule has 2 aromatic rings. The van der Waals surface area contributed by atoms with Gasteiger partial charge in [-0.1, -0.05) is 6.07 Å². The summed E-state index contributed by atoms with van der Waals surface area (Å²) < 4.78 is 27.4. The number of benzene rings is 2. The maximum atomic E-state index is 14.0. The van der Waals surface area contributed by atoms with Gasteiger partial charge < -0.3 is 10.2 Å². The molecule has 1 amide bonds. The molecule has 134 valence electrons. The molecule has 1 aliphatic rings. The lowest BCUT2D eigenvalue weighted by Crippen LogP contribution is -2.31. The first kappa shape index (κ1) is 19.2. The van der Waals surface area contributed by atoms with Crippen molar-refractivity contribution < 1.29 is 13.6 Å². The molecule has 0 aliphatic carbocycles. The van der Waals surface area contributed by atoms with Gasteiger partial charge in [0.25, 0.3) is 5.91 Å². The van der Waals surface area contributed by atoms with Crippen molar-refractivity contribution in [1.82, 2.24) is 4.90 Å². The first-order valence-electron chi connectivity index (χ1n) is 8.07. The molecule has 0 aromatic heterocycles. The molecule has 6 heteroatoms. The van der Waals surface area contributed by atoms with Crippen LogP contribution in [0.5, 0.6) is 0 Å². The molecule has 0 saturated carbocycles. The molecule has 1 unspecified atom stereocenters. The number of carbonyl (C=O) groups is 1. The quantitative estimate of drug-likeness (QED) is 0.862. The topological polar surface area (TPSA) is 32.3 Å². The minimum Gasteiger partial charge on any atom is -0.385 e. The van der Waals surface area contributed by atoms with Gasteiger partial charge in [0.2, 0.25) is 0 Å². The molecule has 25 heavy (non-hydrogen) atoms. The number of carbonyl (C=O) groups excluding carboxylic acids is 1.